The van der Waals surface area contributed by atoms with Gasteiger partial charge in [-0.25, -0.2) is 0 Å². The maximum absolute atomic E-state index is 13.9. The lowest BCUT2D eigenvalue weighted by molar-refractivity contribution is -0.0209. The van der Waals surface area contributed by atoms with Crippen LogP contribution < -0.4 is 0 Å². The molecule has 1 aliphatic rings. The lowest BCUT2D eigenvalue weighted by Gasteiger charge is -2.35. The smallest absolute Gasteiger partial charge is 0.254 e. The number of carbonyl (C=O) groups is 2. The monoisotopic (exact) mass is 486 g/mol. The minimum atomic E-state index is -0.367. The molecule has 2 amide bonds. The molecule has 3 atom stereocenters. The van der Waals surface area contributed by atoms with E-state index in [9.17, 15) is 14.7 Å². The van der Waals surface area contributed by atoms with Gasteiger partial charge in [-0.15, -0.1) is 0 Å². The Bertz CT molecular complexity index is 1200. The number of aliphatic hydroxyl groups excluding tert-OH is 1. The number of likely N-dealkylation sites (N-methyl/N-ethyl adjacent to an activating group) is 1. The van der Waals surface area contributed by atoms with Crippen LogP contribution in [-0.4, -0.2) is 65.6 Å². The topological polar surface area (TPSA) is 70.1 Å². The zero-order chi connectivity index (χ0) is 25.7. The first kappa shape index (κ1) is 25.6. The second-order valence-electron chi connectivity index (χ2n) is 9.57. The standard InChI is InChI=1S/C30H34N2O4/c1-21-17-32(22(2)19-33)30(35)27-16-10-9-15-26(27)25-14-8-7-13-24(25)20-36-28(21)18-31(3)29(34)23-11-5-4-6-12-23/h4-16,21-22,28,33H,17-20H2,1-3H3/t21-,22+,28-/m0/s1. The number of hydrogen-bond donors (Lipinski definition) is 1. The van der Waals surface area contributed by atoms with Gasteiger partial charge in [0.15, 0.2) is 0 Å². The molecule has 188 valence electrons. The van der Waals surface area contributed by atoms with Crippen LogP contribution in [0.5, 0.6) is 0 Å². The molecule has 0 aliphatic carbocycles. The second kappa shape index (κ2) is 11.5. The predicted molar refractivity (Wildman–Crippen MR) is 141 cm³/mol. The number of benzene rings is 3. The molecule has 3 aromatic carbocycles. The number of ether oxygens (including phenoxy) is 1. The maximum atomic E-state index is 13.9. The van der Waals surface area contributed by atoms with Gasteiger partial charge in [0.05, 0.1) is 25.4 Å². The van der Waals surface area contributed by atoms with E-state index in [0.29, 0.717) is 30.8 Å². The Balaban J connectivity index is 1.71. The van der Waals surface area contributed by atoms with Gasteiger partial charge >= 0.3 is 0 Å². The third kappa shape index (κ3) is 5.50. The van der Waals surface area contributed by atoms with Gasteiger partial charge in [-0.05, 0) is 41.8 Å². The normalized spacial score (nSPS) is 19.0. The number of aliphatic hydroxyl groups is 1. The SMILES string of the molecule is C[C@H](CO)N1C[C@H](C)[C@H](CN(C)C(=O)c2ccccc2)OCc2ccccc2-c2ccccc2C1=O. The van der Waals surface area contributed by atoms with Crippen molar-refractivity contribution in [2.24, 2.45) is 5.92 Å². The Morgan fingerprint density at radius 1 is 1.00 bits per heavy atom. The summed E-state index contributed by atoms with van der Waals surface area (Å²) in [6.07, 6.45) is -0.321. The van der Waals surface area contributed by atoms with E-state index in [0.717, 1.165) is 16.7 Å². The molecular formula is C30H34N2O4. The molecule has 0 spiro atoms. The molecule has 6 nitrogen and oxygen atoms in total. The molecule has 1 heterocycles. The fourth-order valence-corrected chi connectivity index (χ4v) is 4.71. The summed E-state index contributed by atoms with van der Waals surface area (Å²) in [4.78, 5) is 30.3. The first-order valence-corrected chi connectivity index (χ1v) is 12.4. The largest absolute Gasteiger partial charge is 0.394 e. The van der Waals surface area contributed by atoms with E-state index >= 15 is 0 Å². The third-order valence-electron chi connectivity index (χ3n) is 6.92. The van der Waals surface area contributed by atoms with E-state index in [2.05, 4.69) is 0 Å². The van der Waals surface area contributed by atoms with Crippen molar-refractivity contribution in [1.82, 2.24) is 9.80 Å². The summed E-state index contributed by atoms with van der Waals surface area (Å²) in [7, 11) is 1.78. The van der Waals surface area contributed by atoms with Crippen LogP contribution in [0.25, 0.3) is 11.1 Å². The number of carbonyl (C=O) groups excluding carboxylic acids is 2. The molecule has 0 unspecified atom stereocenters. The van der Waals surface area contributed by atoms with Crippen LogP contribution >= 0.6 is 0 Å². The summed E-state index contributed by atoms with van der Waals surface area (Å²) >= 11 is 0. The zero-order valence-electron chi connectivity index (χ0n) is 21.1. The van der Waals surface area contributed by atoms with Gasteiger partial charge in [0.2, 0.25) is 0 Å². The van der Waals surface area contributed by atoms with Crippen LogP contribution in [0.4, 0.5) is 0 Å². The average molecular weight is 487 g/mol. The van der Waals surface area contributed by atoms with Crippen molar-refractivity contribution in [3.05, 3.63) is 95.6 Å². The van der Waals surface area contributed by atoms with Crippen molar-refractivity contribution in [3.8, 4) is 11.1 Å². The van der Waals surface area contributed by atoms with E-state index < -0.39 is 0 Å². The van der Waals surface area contributed by atoms with Crippen molar-refractivity contribution < 1.29 is 19.4 Å². The van der Waals surface area contributed by atoms with Gasteiger partial charge in [0.25, 0.3) is 11.8 Å². The van der Waals surface area contributed by atoms with Crippen molar-refractivity contribution in [3.63, 3.8) is 0 Å². The van der Waals surface area contributed by atoms with Gasteiger partial charge in [-0.3, -0.25) is 9.59 Å². The maximum Gasteiger partial charge on any atom is 0.254 e. The van der Waals surface area contributed by atoms with E-state index in [1.807, 2.05) is 80.6 Å². The van der Waals surface area contributed by atoms with Crippen LogP contribution in [0.15, 0.2) is 78.9 Å². The zero-order valence-corrected chi connectivity index (χ0v) is 21.1. The van der Waals surface area contributed by atoms with Crippen molar-refractivity contribution in [2.45, 2.75) is 32.6 Å². The Morgan fingerprint density at radius 2 is 1.61 bits per heavy atom. The Labute approximate surface area is 213 Å². The lowest BCUT2D eigenvalue weighted by Crippen LogP contribution is -2.47. The van der Waals surface area contributed by atoms with Gasteiger partial charge < -0.3 is 19.6 Å². The molecule has 0 saturated heterocycles. The molecule has 0 fully saturated rings. The van der Waals surface area contributed by atoms with Crippen LogP contribution in [0.3, 0.4) is 0 Å². The summed E-state index contributed by atoms with van der Waals surface area (Å²) in [6, 6.07) is 24.4. The quantitative estimate of drug-likeness (QED) is 0.577. The molecule has 36 heavy (non-hydrogen) atoms. The van der Waals surface area contributed by atoms with Crippen molar-refractivity contribution in [1.29, 1.82) is 0 Å². The summed E-state index contributed by atoms with van der Waals surface area (Å²) in [5, 5.41) is 9.97. The molecule has 3 aromatic rings. The Kier molecular flexibility index (Phi) is 8.18. The van der Waals surface area contributed by atoms with E-state index in [-0.39, 0.29) is 36.5 Å². The fourth-order valence-electron chi connectivity index (χ4n) is 4.71. The fraction of sp³-hybridized carbons (Fsp3) is 0.333. The molecule has 0 aromatic heterocycles. The van der Waals surface area contributed by atoms with Gasteiger partial charge in [0, 0.05) is 37.2 Å². The molecule has 4 rings (SSSR count). The Morgan fingerprint density at radius 3 is 2.31 bits per heavy atom. The molecule has 0 radical (unpaired) electrons. The summed E-state index contributed by atoms with van der Waals surface area (Å²) in [6.45, 7) is 4.86. The van der Waals surface area contributed by atoms with Gasteiger partial charge in [0.1, 0.15) is 0 Å². The molecule has 1 N–H and O–H groups in total. The van der Waals surface area contributed by atoms with Crippen molar-refractivity contribution >= 4 is 11.8 Å². The van der Waals surface area contributed by atoms with E-state index in [1.165, 1.54) is 0 Å². The summed E-state index contributed by atoms with van der Waals surface area (Å²) < 4.78 is 6.49. The molecule has 0 bridgehead atoms. The van der Waals surface area contributed by atoms with Crippen molar-refractivity contribution in [2.75, 3.05) is 26.7 Å². The minimum Gasteiger partial charge on any atom is -0.394 e. The first-order valence-electron chi connectivity index (χ1n) is 12.4. The second-order valence-corrected chi connectivity index (χ2v) is 9.57. The number of fused-ring (bicyclic) bond motifs is 3. The number of amides is 2. The van der Waals surface area contributed by atoms with E-state index in [1.54, 1.807) is 29.0 Å². The average Bonchev–Trinajstić information content (AvgIpc) is 2.94. The van der Waals surface area contributed by atoms with Crippen LogP contribution in [0.2, 0.25) is 0 Å². The highest BCUT2D eigenvalue weighted by Crippen LogP contribution is 2.31. The van der Waals surface area contributed by atoms with Gasteiger partial charge in [-0.1, -0.05) is 67.6 Å². The third-order valence-corrected chi connectivity index (χ3v) is 6.92. The number of nitrogens with zero attached hydrogens (tertiary/aromatic N) is 2. The summed E-state index contributed by atoms with van der Waals surface area (Å²) in [5.74, 6) is -0.292. The highest BCUT2D eigenvalue weighted by atomic mass is 16.5. The molecular weight excluding hydrogens is 452 g/mol. The minimum absolute atomic E-state index is 0.0785. The first-order chi connectivity index (χ1) is 17.4. The lowest BCUT2D eigenvalue weighted by atomic mass is 9.94. The van der Waals surface area contributed by atoms with Crippen LogP contribution in [-0.2, 0) is 11.3 Å². The van der Waals surface area contributed by atoms with Gasteiger partial charge in [-0.2, -0.15) is 0 Å². The van der Waals surface area contributed by atoms with Crippen LogP contribution in [0.1, 0.15) is 40.1 Å². The van der Waals surface area contributed by atoms with E-state index in [4.69, 9.17) is 4.74 Å². The highest BCUT2D eigenvalue weighted by molar-refractivity contribution is 6.01. The molecule has 0 saturated carbocycles. The Hall–Kier alpha value is -3.48. The number of rotatable bonds is 5. The molecule has 6 heteroatoms. The highest BCUT2D eigenvalue weighted by Gasteiger charge is 2.31. The predicted octanol–water partition coefficient (Wildman–Crippen LogP) is 4.48. The molecule has 1 aliphatic heterocycles. The van der Waals surface area contributed by atoms with Crippen LogP contribution in [0, 0.1) is 5.92 Å². The number of hydrogen-bond acceptors (Lipinski definition) is 4. The summed E-state index contributed by atoms with van der Waals surface area (Å²) in [5.41, 5.74) is 4.00.